The Kier molecular flexibility index (Phi) is 5.22. The first-order valence-electron chi connectivity index (χ1n) is 11.5. The fourth-order valence-corrected chi connectivity index (χ4v) is 5.45. The summed E-state index contributed by atoms with van der Waals surface area (Å²) in [4.78, 5) is 11.4. The molecule has 1 saturated carbocycles. The molecular formula is C26H26F3N3O2. The van der Waals surface area contributed by atoms with Crippen LogP contribution < -0.4 is 0 Å². The van der Waals surface area contributed by atoms with Gasteiger partial charge in [0.05, 0.1) is 11.7 Å². The van der Waals surface area contributed by atoms with Gasteiger partial charge in [0, 0.05) is 22.2 Å². The van der Waals surface area contributed by atoms with E-state index in [1.54, 1.807) is 25.3 Å². The number of carboxylic acid groups (broad SMARTS) is 1. The van der Waals surface area contributed by atoms with Crippen LogP contribution in [0.5, 0.6) is 0 Å². The third kappa shape index (κ3) is 3.30. The molecule has 0 atom stereocenters. The number of aromatic nitrogens is 3. The van der Waals surface area contributed by atoms with Crippen LogP contribution in [-0.4, -0.2) is 31.5 Å². The predicted octanol–water partition coefficient (Wildman–Crippen LogP) is 6.67. The number of alkyl halides is 1. The van der Waals surface area contributed by atoms with Crippen molar-refractivity contribution < 1.29 is 23.1 Å². The summed E-state index contributed by atoms with van der Waals surface area (Å²) < 4.78 is 46.9. The molecule has 0 amide bonds. The van der Waals surface area contributed by atoms with Crippen LogP contribution in [-0.2, 0) is 4.79 Å². The second-order valence-electron chi connectivity index (χ2n) is 9.69. The summed E-state index contributed by atoms with van der Waals surface area (Å²) in [7, 11) is 0. The molecule has 2 aromatic carbocycles. The number of aryl methyl sites for hydroxylation is 1. The lowest BCUT2D eigenvalue weighted by atomic mass is 9.75. The Morgan fingerprint density at radius 3 is 2.56 bits per heavy atom. The first-order chi connectivity index (χ1) is 16.1. The van der Waals surface area contributed by atoms with E-state index in [0.717, 1.165) is 11.3 Å². The van der Waals surface area contributed by atoms with Crippen molar-refractivity contribution >= 4 is 27.8 Å². The van der Waals surface area contributed by atoms with Crippen LogP contribution in [0.3, 0.4) is 0 Å². The summed E-state index contributed by atoms with van der Waals surface area (Å²) in [5.74, 6) is -2.43. The van der Waals surface area contributed by atoms with E-state index < -0.39 is 17.5 Å². The second-order valence-corrected chi connectivity index (χ2v) is 9.69. The lowest BCUT2D eigenvalue weighted by molar-refractivity contribution is -0.153. The van der Waals surface area contributed by atoms with Crippen molar-refractivity contribution in [2.45, 2.75) is 64.0 Å². The van der Waals surface area contributed by atoms with Crippen molar-refractivity contribution in [2.75, 3.05) is 0 Å². The molecule has 5 nitrogen and oxygen atoms in total. The lowest BCUT2D eigenvalue weighted by Gasteiger charge is -2.32. The molecule has 34 heavy (non-hydrogen) atoms. The average Bonchev–Trinajstić information content (AvgIpc) is 3.39. The van der Waals surface area contributed by atoms with Gasteiger partial charge in [-0.05, 0) is 79.8 Å². The van der Waals surface area contributed by atoms with Crippen molar-refractivity contribution in [1.29, 1.82) is 0 Å². The summed E-state index contributed by atoms with van der Waals surface area (Å²) in [6.45, 7) is 5.70. The van der Waals surface area contributed by atoms with Gasteiger partial charge in [0.15, 0.2) is 5.82 Å². The van der Waals surface area contributed by atoms with E-state index in [1.807, 2.05) is 24.5 Å². The van der Waals surface area contributed by atoms with E-state index in [9.17, 15) is 18.7 Å². The molecular weight excluding hydrogens is 443 g/mol. The van der Waals surface area contributed by atoms with Crippen molar-refractivity contribution in [1.82, 2.24) is 14.8 Å². The van der Waals surface area contributed by atoms with Crippen LogP contribution in [0.4, 0.5) is 13.2 Å². The number of hydrogen-bond donors (Lipinski definition) is 2. The van der Waals surface area contributed by atoms with Crippen LogP contribution in [0.2, 0.25) is 0 Å². The van der Waals surface area contributed by atoms with Gasteiger partial charge in [-0.15, -0.1) is 0 Å². The molecule has 1 fully saturated rings. The molecule has 5 rings (SSSR count). The highest BCUT2D eigenvalue weighted by Gasteiger charge is 2.44. The highest BCUT2D eigenvalue weighted by Crippen LogP contribution is 2.48. The number of carboxylic acids is 1. The molecule has 0 unspecified atom stereocenters. The fourth-order valence-electron chi connectivity index (χ4n) is 5.45. The number of halogens is 3. The number of H-pyrrole nitrogens is 1. The first kappa shape index (κ1) is 22.5. The molecule has 0 bridgehead atoms. The Balaban J connectivity index is 1.82. The molecule has 2 heterocycles. The highest BCUT2D eigenvalue weighted by atomic mass is 19.1. The van der Waals surface area contributed by atoms with E-state index in [4.69, 9.17) is 0 Å². The van der Waals surface area contributed by atoms with E-state index in [1.165, 1.54) is 6.07 Å². The first-order valence-corrected chi connectivity index (χ1v) is 11.5. The number of aliphatic carboxylic acids is 1. The fraction of sp³-hybridized carbons (Fsp3) is 0.385. The quantitative estimate of drug-likeness (QED) is 0.351. The van der Waals surface area contributed by atoms with E-state index in [0.29, 0.717) is 40.4 Å². The summed E-state index contributed by atoms with van der Waals surface area (Å²) in [5.41, 5.74) is 1.49. The zero-order chi connectivity index (χ0) is 24.4. The zero-order valence-corrected chi connectivity index (χ0v) is 19.3. The molecule has 4 aromatic rings. The third-order valence-electron chi connectivity index (χ3n) is 7.20. The van der Waals surface area contributed by atoms with E-state index in [-0.39, 0.29) is 36.0 Å². The molecule has 1 aliphatic carbocycles. The second kappa shape index (κ2) is 7.89. The molecule has 0 spiro atoms. The number of nitrogens with one attached hydrogen (secondary N) is 1. The maximum absolute atomic E-state index is 16.0. The monoisotopic (exact) mass is 469 g/mol. The van der Waals surface area contributed by atoms with Gasteiger partial charge in [-0.2, -0.15) is 5.10 Å². The lowest BCUT2D eigenvalue weighted by Crippen LogP contribution is -2.37. The largest absolute Gasteiger partial charge is 0.479 e. The molecule has 2 N–H and O–H groups in total. The van der Waals surface area contributed by atoms with Gasteiger partial charge in [0.1, 0.15) is 11.3 Å². The van der Waals surface area contributed by atoms with Crippen LogP contribution in [0, 0.1) is 18.6 Å². The Bertz CT molecular complexity index is 1430. The van der Waals surface area contributed by atoms with Gasteiger partial charge < -0.3 is 9.67 Å². The Morgan fingerprint density at radius 2 is 1.94 bits per heavy atom. The molecule has 1 aliphatic rings. The molecule has 0 saturated heterocycles. The summed E-state index contributed by atoms with van der Waals surface area (Å²) in [5, 5.41) is 17.1. The summed E-state index contributed by atoms with van der Waals surface area (Å²) >= 11 is 0. The summed E-state index contributed by atoms with van der Waals surface area (Å²) in [6.07, 6.45) is 1.90. The normalized spacial score (nSPS) is 21.1. The smallest absolute Gasteiger partial charge is 0.341 e. The van der Waals surface area contributed by atoms with Crippen LogP contribution >= 0.6 is 0 Å². The minimum atomic E-state index is -2.25. The maximum Gasteiger partial charge on any atom is 0.341 e. The minimum absolute atomic E-state index is 0.0276. The van der Waals surface area contributed by atoms with Gasteiger partial charge in [0.2, 0.25) is 5.67 Å². The van der Waals surface area contributed by atoms with Crippen molar-refractivity contribution in [3.63, 3.8) is 0 Å². The molecule has 2 aromatic heterocycles. The molecule has 0 aliphatic heterocycles. The van der Waals surface area contributed by atoms with Gasteiger partial charge in [-0.1, -0.05) is 13.8 Å². The minimum Gasteiger partial charge on any atom is -0.479 e. The zero-order valence-electron chi connectivity index (χ0n) is 19.3. The Morgan fingerprint density at radius 1 is 1.24 bits per heavy atom. The number of fused-ring (bicyclic) bond motifs is 2. The van der Waals surface area contributed by atoms with E-state index >= 15 is 4.39 Å². The standard InChI is InChI=1S/C26H26F3N3O2/c1-13(2)24-20(15-6-8-26(29,9-7-15)25(33)34)21-19(11-16-12-30-31-23(16)22(21)28)32(24)17-4-5-18(27)14(3)10-17/h4-5,10-13,15H,6-9H2,1-3H3,(H,30,31)(H,33,34). The van der Waals surface area contributed by atoms with Gasteiger partial charge in [-0.3, -0.25) is 5.10 Å². The molecule has 8 heteroatoms. The Hall–Kier alpha value is -3.29. The molecule has 0 radical (unpaired) electrons. The van der Waals surface area contributed by atoms with Gasteiger partial charge in [-0.25, -0.2) is 18.0 Å². The van der Waals surface area contributed by atoms with Gasteiger partial charge in [0.25, 0.3) is 0 Å². The van der Waals surface area contributed by atoms with Crippen molar-refractivity contribution in [2.24, 2.45) is 0 Å². The maximum atomic E-state index is 16.0. The SMILES string of the molecule is Cc1cc(-n2c(C(C)C)c(C3CCC(F)(C(=O)O)CC3)c3c(F)c4[nH]ncc4cc32)ccc1F. The number of aromatic amines is 1. The third-order valence-corrected chi connectivity index (χ3v) is 7.20. The van der Waals surface area contributed by atoms with Gasteiger partial charge >= 0.3 is 5.97 Å². The van der Waals surface area contributed by atoms with E-state index in [2.05, 4.69) is 10.2 Å². The van der Waals surface area contributed by atoms with Crippen LogP contribution in [0.25, 0.3) is 27.5 Å². The Labute approximate surface area is 194 Å². The number of nitrogens with zero attached hydrogens (tertiary/aromatic N) is 2. The van der Waals surface area contributed by atoms with Crippen LogP contribution in [0.1, 0.15) is 68.2 Å². The van der Waals surface area contributed by atoms with Crippen molar-refractivity contribution in [3.8, 4) is 5.69 Å². The predicted molar refractivity (Wildman–Crippen MR) is 124 cm³/mol. The summed E-state index contributed by atoms with van der Waals surface area (Å²) in [6, 6.07) is 6.68. The number of carbonyl (C=O) groups is 1. The number of benzene rings is 2. The van der Waals surface area contributed by atoms with Crippen molar-refractivity contribution in [3.05, 3.63) is 58.9 Å². The number of rotatable bonds is 4. The highest BCUT2D eigenvalue weighted by molar-refractivity contribution is 6.00. The topological polar surface area (TPSA) is 70.9 Å². The molecule has 178 valence electrons. The van der Waals surface area contributed by atoms with Crippen LogP contribution in [0.15, 0.2) is 30.5 Å². The number of hydrogen-bond acceptors (Lipinski definition) is 2. The average molecular weight is 470 g/mol.